The lowest BCUT2D eigenvalue weighted by Gasteiger charge is -1.97. The maximum atomic E-state index is 11.8. The van der Waals surface area contributed by atoms with E-state index in [1.54, 1.807) is 12.1 Å². The summed E-state index contributed by atoms with van der Waals surface area (Å²) in [6, 6.07) is 16.9. The molecule has 1 heterocycles. The van der Waals surface area contributed by atoms with E-state index in [0.29, 0.717) is 5.52 Å². The Labute approximate surface area is 92.2 Å². The van der Waals surface area contributed by atoms with Gasteiger partial charge >= 0.3 is 0 Å². The minimum atomic E-state index is -0.0363. The van der Waals surface area contributed by atoms with E-state index in [1.807, 2.05) is 42.5 Å². The van der Waals surface area contributed by atoms with Crippen LogP contribution in [0.5, 0.6) is 0 Å². The van der Waals surface area contributed by atoms with Gasteiger partial charge in [0, 0.05) is 10.8 Å². The fraction of sp³-hybridized carbons (Fsp3) is 0. The van der Waals surface area contributed by atoms with E-state index in [2.05, 4.69) is 4.98 Å². The Kier molecular flexibility index (Phi) is 1.93. The van der Waals surface area contributed by atoms with Crippen LogP contribution in [0.3, 0.4) is 0 Å². The smallest absolute Gasteiger partial charge is 0.204 e. The van der Waals surface area contributed by atoms with Crippen molar-refractivity contribution in [2.45, 2.75) is 0 Å². The average molecular weight is 207 g/mol. The van der Waals surface area contributed by atoms with Gasteiger partial charge in [-0.2, -0.15) is 0 Å². The first-order chi connectivity index (χ1) is 7.84. The summed E-state index contributed by atoms with van der Waals surface area (Å²) in [5.74, 6) is 0. The minimum absolute atomic E-state index is 0.0363. The van der Waals surface area contributed by atoms with Crippen molar-refractivity contribution < 1.29 is 0 Å². The molecule has 0 atom stereocenters. The van der Waals surface area contributed by atoms with Gasteiger partial charge in [-0.15, -0.1) is 0 Å². The zero-order chi connectivity index (χ0) is 11.0. The van der Waals surface area contributed by atoms with Crippen molar-refractivity contribution in [3.63, 3.8) is 0 Å². The summed E-state index contributed by atoms with van der Waals surface area (Å²) in [6.07, 6.45) is 0. The van der Waals surface area contributed by atoms with Gasteiger partial charge in [-0.3, -0.25) is 4.79 Å². The number of hydrogen-bond acceptors (Lipinski definition) is 2. The van der Waals surface area contributed by atoms with E-state index in [1.165, 1.54) is 0 Å². The van der Waals surface area contributed by atoms with Crippen molar-refractivity contribution in [2.24, 2.45) is 0 Å². The third-order valence-corrected chi connectivity index (χ3v) is 2.62. The molecule has 2 nitrogen and oxygen atoms in total. The molecule has 0 N–H and O–H groups in total. The van der Waals surface area contributed by atoms with Gasteiger partial charge in [-0.1, -0.05) is 36.4 Å². The highest BCUT2D eigenvalue weighted by Gasteiger charge is 2.00. The van der Waals surface area contributed by atoms with Crippen LogP contribution in [-0.4, -0.2) is 4.98 Å². The van der Waals surface area contributed by atoms with Crippen LogP contribution in [0.4, 0.5) is 0 Å². The van der Waals surface area contributed by atoms with Gasteiger partial charge in [0.1, 0.15) is 5.52 Å². The summed E-state index contributed by atoms with van der Waals surface area (Å²) in [5, 5.41) is 1.94. The van der Waals surface area contributed by atoms with Crippen molar-refractivity contribution in [1.29, 1.82) is 0 Å². The quantitative estimate of drug-likeness (QED) is 0.567. The second-order valence-corrected chi connectivity index (χ2v) is 3.70. The molecule has 16 heavy (non-hydrogen) atoms. The molecule has 1 aromatic heterocycles. The zero-order valence-electron chi connectivity index (χ0n) is 8.55. The molecule has 0 spiro atoms. The second-order valence-electron chi connectivity index (χ2n) is 3.70. The van der Waals surface area contributed by atoms with Crippen LogP contribution in [0.25, 0.3) is 21.8 Å². The van der Waals surface area contributed by atoms with Crippen LogP contribution in [0, 0.1) is 0 Å². The first kappa shape index (κ1) is 9.04. The lowest BCUT2D eigenvalue weighted by molar-refractivity contribution is 1.48. The number of pyridine rings is 1. The van der Waals surface area contributed by atoms with Gasteiger partial charge in [0.2, 0.25) is 5.43 Å². The molecule has 0 fully saturated rings. The van der Waals surface area contributed by atoms with E-state index in [4.69, 9.17) is 0 Å². The fourth-order valence-corrected chi connectivity index (χ4v) is 1.84. The first-order valence-corrected chi connectivity index (χ1v) is 5.13. The van der Waals surface area contributed by atoms with Gasteiger partial charge in [-0.25, -0.2) is 4.98 Å². The molecular weight excluding hydrogens is 198 g/mol. The molecule has 0 aliphatic rings. The molecule has 0 saturated carbocycles. The number of benzene rings is 1. The van der Waals surface area contributed by atoms with Crippen molar-refractivity contribution in [3.8, 4) is 0 Å². The normalized spacial score (nSPS) is 10.8. The highest BCUT2D eigenvalue weighted by atomic mass is 16.1. The van der Waals surface area contributed by atoms with Crippen molar-refractivity contribution in [3.05, 3.63) is 64.8 Å². The van der Waals surface area contributed by atoms with Crippen LogP contribution in [-0.2, 0) is 0 Å². The number of hydrogen-bond donors (Lipinski definition) is 0. The van der Waals surface area contributed by atoms with Crippen LogP contribution in [0.15, 0.2) is 59.4 Å². The van der Waals surface area contributed by atoms with Gasteiger partial charge in [0.15, 0.2) is 0 Å². The topological polar surface area (TPSA) is 30.0 Å². The molecular formula is C14H9NO. The number of aromatic nitrogens is 1. The summed E-state index contributed by atoms with van der Waals surface area (Å²) >= 11 is 0. The third-order valence-electron chi connectivity index (χ3n) is 2.62. The highest BCUT2D eigenvalue weighted by molar-refractivity contribution is 5.92. The molecule has 0 aliphatic heterocycles. The van der Waals surface area contributed by atoms with Crippen molar-refractivity contribution in [1.82, 2.24) is 4.98 Å². The lowest BCUT2D eigenvalue weighted by Crippen LogP contribution is -1.97. The largest absolute Gasteiger partial charge is 0.288 e. The molecule has 0 radical (unpaired) electrons. The Morgan fingerprint density at radius 2 is 1.50 bits per heavy atom. The van der Waals surface area contributed by atoms with E-state index >= 15 is 0 Å². The Morgan fingerprint density at radius 1 is 0.812 bits per heavy atom. The molecule has 0 aliphatic carbocycles. The van der Waals surface area contributed by atoms with Gasteiger partial charge in [0.25, 0.3) is 0 Å². The standard InChI is InChI=1S/C14H9NO/c16-13-8-4-2-6-11-9-10-5-1-3-7-12(10)15-14(11)13/h1-9H. The summed E-state index contributed by atoms with van der Waals surface area (Å²) in [6.45, 7) is 0. The lowest BCUT2D eigenvalue weighted by atomic mass is 10.1. The van der Waals surface area contributed by atoms with Gasteiger partial charge in [0.05, 0.1) is 5.52 Å². The predicted molar refractivity (Wildman–Crippen MR) is 65.5 cm³/mol. The number of para-hydroxylation sites is 1. The Morgan fingerprint density at radius 3 is 2.38 bits per heavy atom. The van der Waals surface area contributed by atoms with E-state index in [9.17, 15) is 4.79 Å². The Bertz CT molecular complexity index is 734. The van der Waals surface area contributed by atoms with E-state index in [0.717, 1.165) is 16.3 Å². The van der Waals surface area contributed by atoms with Crippen molar-refractivity contribution >= 4 is 21.8 Å². The minimum Gasteiger partial charge on any atom is -0.288 e. The van der Waals surface area contributed by atoms with E-state index < -0.39 is 0 Å². The van der Waals surface area contributed by atoms with E-state index in [-0.39, 0.29) is 5.43 Å². The van der Waals surface area contributed by atoms with Crippen molar-refractivity contribution in [2.75, 3.05) is 0 Å². The molecule has 0 unspecified atom stereocenters. The van der Waals surface area contributed by atoms with Crippen LogP contribution in [0.1, 0.15) is 0 Å². The molecule has 2 heteroatoms. The summed E-state index contributed by atoms with van der Waals surface area (Å²) in [7, 11) is 0. The number of nitrogens with zero attached hydrogens (tertiary/aromatic N) is 1. The fourth-order valence-electron chi connectivity index (χ4n) is 1.84. The molecule has 0 bridgehead atoms. The maximum Gasteiger partial charge on any atom is 0.204 e. The zero-order valence-corrected chi connectivity index (χ0v) is 8.55. The Balaban J connectivity index is 2.60. The van der Waals surface area contributed by atoms with Gasteiger partial charge < -0.3 is 0 Å². The first-order valence-electron chi connectivity index (χ1n) is 5.13. The summed E-state index contributed by atoms with van der Waals surface area (Å²) < 4.78 is 0. The average Bonchev–Trinajstić information content (AvgIpc) is 2.49. The molecule has 3 aromatic rings. The molecule has 3 rings (SSSR count). The van der Waals surface area contributed by atoms with Crippen LogP contribution in [0.2, 0.25) is 0 Å². The summed E-state index contributed by atoms with van der Waals surface area (Å²) in [4.78, 5) is 16.2. The highest BCUT2D eigenvalue weighted by Crippen LogP contribution is 2.16. The number of rotatable bonds is 0. The van der Waals surface area contributed by atoms with Crippen LogP contribution < -0.4 is 5.43 Å². The van der Waals surface area contributed by atoms with Crippen LogP contribution >= 0.6 is 0 Å². The second kappa shape index (κ2) is 3.42. The molecule has 0 saturated heterocycles. The predicted octanol–water partition coefficient (Wildman–Crippen LogP) is 2.75. The molecule has 2 aromatic carbocycles. The van der Waals surface area contributed by atoms with Gasteiger partial charge in [-0.05, 0) is 18.2 Å². The third kappa shape index (κ3) is 1.36. The molecule has 0 amide bonds. The maximum absolute atomic E-state index is 11.8. The molecule has 76 valence electrons. The number of fused-ring (bicyclic) bond motifs is 2. The monoisotopic (exact) mass is 207 g/mol. The SMILES string of the molecule is O=c1ccccc2cc3ccccc3nc12. The summed E-state index contributed by atoms with van der Waals surface area (Å²) in [5.41, 5.74) is 1.35. The Hall–Kier alpha value is -2.22.